The van der Waals surface area contributed by atoms with Gasteiger partial charge in [-0.05, 0) is 31.9 Å². The van der Waals surface area contributed by atoms with Crippen LogP contribution in [0.15, 0.2) is 65.7 Å². The summed E-state index contributed by atoms with van der Waals surface area (Å²) in [6.45, 7) is 5.69. The largest absolute Gasteiger partial charge is 0.479 e. The third-order valence-electron chi connectivity index (χ3n) is 4.83. The highest BCUT2D eigenvalue weighted by molar-refractivity contribution is 5.92. The molecule has 1 heterocycles. The van der Waals surface area contributed by atoms with Crippen molar-refractivity contribution >= 4 is 11.8 Å². The number of aliphatic carboxylic acids is 1. The van der Waals surface area contributed by atoms with Crippen LogP contribution in [0.2, 0.25) is 0 Å². The number of aliphatic imine (C=N–C) groups is 1. The van der Waals surface area contributed by atoms with E-state index in [1.807, 2.05) is 55.5 Å². The Kier molecular flexibility index (Phi) is 4.14. The molecule has 0 saturated carbocycles. The lowest BCUT2D eigenvalue weighted by Crippen LogP contribution is -2.44. The molecule has 3 atom stereocenters. The van der Waals surface area contributed by atoms with Crippen molar-refractivity contribution in [1.82, 2.24) is 4.90 Å². The number of carboxylic acid groups (broad SMARTS) is 1. The summed E-state index contributed by atoms with van der Waals surface area (Å²) in [5.74, 6) is -0.149. The number of hydrogen-bond donors (Lipinski definition) is 1. The molecule has 1 N–H and O–H groups in total. The van der Waals surface area contributed by atoms with Crippen LogP contribution in [0.5, 0.6) is 0 Å². The van der Waals surface area contributed by atoms with Crippen molar-refractivity contribution in [2.75, 3.05) is 0 Å². The van der Waals surface area contributed by atoms with Gasteiger partial charge < -0.3 is 10.0 Å². The topological polar surface area (TPSA) is 52.9 Å². The Morgan fingerprint density at radius 2 is 1.67 bits per heavy atom. The summed E-state index contributed by atoms with van der Waals surface area (Å²) >= 11 is 0. The van der Waals surface area contributed by atoms with Crippen LogP contribution in [-0.4, -0.2) is 27.4 Å². The smallest absolute Gasteiger partial charge is 0.333 e. The van der Waals surface area contributed by atoms with Gasteiger partial charge in [-0.25, -0.2) is 4.79 Å². The molecule has 1 aliphatic rings. The van der Waals surface area contributed by atoms with Crippen molar-refractivity contribution in [2.45, 2.75) is 38.4 Å². The molecule has 0 radical (unpaired) electrons. The van der Waals surface area contributed by atoms with Gasteiger partial charge in [-0.1, -0.05) is 60.7 Å². The molecule has 3 rings (SSSR count). The maximum absolute atomic E-state index is 12.0. The molecule has 0 bridgehead atoms. The molecular weight excluding hydrogens is 300 g/mol. The Labute approximate surface area is 142 Å². The van der Waals surface area contributed by atoms with Gasteiger partial charge in [0.2, 0.25) is 0 Å². The van der Waals surface area contributed by atoms with Crippen LogP contribution in [0.1, 0.15) is 44.0 Å². The summed E-state index contributed by atoms with van der Waals surface area (Å²) in [6, 6.07) is 19.6. The van der Waals surface area contributed by atoms with E-state index in [0.29, 0.717) is 0 Å². The molecule has 2 aromatic rings. The normalized spacial score (nSPS) is 24.5. The number of nitrogens with zero attached hydrogens (tertiary/aromatic N) is 2. The molecule has 1 aliphatic heterocycles. The monoisotopic (exact) mass is 322 g/mol. The number of carboxylic acids is 1. The van der Waals surface area contributed by atoms with E-state index < -0.39 is 11.5 Å². The molecule has 4 nitrogen and oxygen atoms in total. The van der Waals surface area contributed by atoms with E-state index in [2.05, 4.69) is 28.9 Å². The first kappa shape index (κ1) is 16.2. The van der Waals surface area contributed by atoms with Crippen LogP contribution < -0.4 is 0 Å². The van der Waals surface area contributed by atoms with E-state index in [-0.39, 0.29) is 12.1 Å². The molecule has 0 aliphatic carbocycles. The number of amidine groups is 1. The Morgan fingerprint density at radius 3 is 2.21 bits per heavy atom. The maximum atomic E-state index is 12.0. The highest BCUT2D eigenvalue weighted by Crippen LogP contribution is 2.44. The highest BCUT2D eigenvalue weighted by Gasteiger charge is 2.51. The maximum Gasteiger partial charge on any atom is 0.333 e. The summed E-state index contributed by atoms with van der Waals surface area (Å²) in [5, 5.41) is 9.86. The van der Waals surface area contributed by atoms with Crippen molar-refractivity contribution in [3.05, 3.63) is 71.8 Å². The van der Waals surface area contributed by atoms with Gasteiger partial charge in [0, 0.05) is 0 Å². The Balaban J connectivity index is 2.10. The van der Waals surface area contributed by atoms with Gasteiger partial charge in [0.1, 0.15) is 0 Å². The number of benzene rings is 2. The van der Waals surface area contributed by atoms with E-state index >= 15 is 0 Å². The quantitative estimate of drug-likeness (QED) is 0.923. The molecule has 0 fully saturated rings. The third-order valence-corrected chi connectivity index (χ3v) is 4.83. The number of carbonyl (C=O) groups is 1. The van der Waals surface area contributed by atoms with Gasteiger partial charge in [-0.2, -0.15) is 0 Å². The standard InChI is InChI=1S/C20H22N2O2/c1-14(16-10-6-4-7-11-16)22-15(2)21-20(3,19(23)24)18(22)17-12-8-5-9-13-17/h4-14,18H,1-3H3,(H,23,24)/t14-,18-,20-/m0/s1. The predicted octanol–water partition coefficient (Wildman–Crippen LogP) is 4.07. The molecule has 0 spiro atoms. The van der Waals surface area contributed by atoms with E-state index in [0.717, 1.165) is 17.0 Å². The van der Waals surface area contributed by atoms with Crippen molar-refractivity contribution in [3.8, 4) is 0 Å². The minimum atomic E-state index is -1.20. The average Bonchev–Trinajstić information content (AvgIpc) is 2.87. The lowest BCUT2D eigenvalue weighted by Gasteiger charge is -2.37. The molecule has 0 aromatic heterocycles. The van der Waals surface area contributed by atoms with Crippen LogP contribution in [-0.2, 0) is 4.79 Å². The summed E-state index contributed by atoms with van der Waals surface area (Å²) in [6.07, 6.45) is 0. The molecule has 4 heteroatoms. The van der Waals surface area contributed by atoms with Gasteiger partial charge in [-0.3, -0.25) is 4.99 Å². The fourth-order valence-electron chi connectivity index (χ4n) is 3.59. The fourth-order valence-corrected chi connectivity index (χ4v) is 3.59. The fraction of sp³-hybridized carbons (Fsp3) is 0.300. The van der Waals surface area contributed by atoms with Gasteiger partial charge in [0.05, 0.1) is 17.9 Å². The summed E-state index contributed by atoms with van der Waals surface area (Å²) < 4.78 is 0. The lowest BCUT2D eigenvalue weighted by molar-refractivity contribution is -0.144. The van der Waals surface area contributed by atoms with Crippen molar-refractivity contribution in [1.29, 1.82) is 0 Å². The summed E-state index contributed by atoms with van der Waals surface area (Å²) in [4.78, 5) is 18.7. The second kappa shape index (κ2) is 6.11. The highest BCUT2D eigenvalue weighted by atomic mass is 16.4. The lowest BCUT2D eigenvalue weighted by atomic mass is 9.86. The van der Waals surface area contributed by atoms with Gasteiger partial charge in [-0.15, -0.1) is 0 Å². The van der Waals surface area contributed by atoms with Gasteiger partial charge in [0.25, 0.3) is 0 Å². The second-order valence-corrected chi connectivity index (χ2v) is 6.42. The van der Waals surface area contributed by atoms with Crippen molar-refractivity contribution < 1.29 is 9.90 Å². The summed E-state index contributed by atoms with van der Waals surface area (Å²) in [7, 11) is 0. The molecule has 0 unspecified atom stereocenters. The average molecular weight is 322 g/mol. The van der Waals surface area contributed by atoms with E-state index in [9.17, 15) is 9.90 Å². The number of rotatable bonds is 4. The molecular formula is C20H22N2O2. The minimum Gasteiger partial charge on any atom is -0.479 e. The van der Waals surface area contributed by atoms with Crippen molar-refractivity contribution in [3.63, 3.8) is 0 Å². The second-order valence-electron chi connectivity index (χ2n) is 6.42. The van der Waals surface area contributed by atoms with Crippen LogP contribution >= 0.6 is 0 Å². The van der Waals surface area contributed by atoms with E-state index in [1.165, 1.54) is 0 Å². The molecule has 0 amide bonds. The summed E-state index contributed by atoms with van der Waals surface area (Å²) in [5.41, 5.74) is 0.905. The van der Waals surface area contributed by atoms with Crippen LogP contribution in [0.3, 0.4) is 0 Å². The Hall–Kier alpha value is -2.62. The van der Waals surface area contributed by atoms with Crippen LogP contribution in [0, 0.1) is 0 Å². The minimum absolute atomic E-state index is 0.0290. The first-order valence-corrected chi connectivity index (χ1v) is 8.13. The first-order chi connectivity index (χ1) is 11.4. The van der Waals surface area contributed by atoms with E-state index in [4.69, 9.17) is 0 Å². The molecule has 124 valence electrons. The zero-order valence-electron chi connectivity index (χ0n) is 14.2. The van der Waals surface area contributed by atoms with Crippen LogP contribution in [0.4, 0.5) is 0 Å². The third kappa shape index (κ3) is 2.58. The Morgan fingerprint density at radius 1 is 1.12 bits per heavy atom. The van der Waals surface area contributed by atoms with Gasteiger partial charge >= 0.3 is 5.97 Å². The molecule has 24 heavy (non-hydrogen) atoms. The zero-order chi connectivity index (χ0) is 17.3. The number of hydrogen-bond acceptors (Lipinski definition) is 3. The molecule has 0 saturated heterocycles. The van der Waals surface area contributed by atoms with E-state index in [1.54, 1.807) is 6.92 Å². The van der Waals surface area contributed by atoms with Crippen molar-refractivity contribution in [2.24, 2.45) is 4.99 Å². The predicted molar refractivity (Wildman–Crippen MR) is 95.0 cm³/mol. The van der Waals surface area contributed by atoms with Crippen LogP contribution in [0.25, 0.3) is 0 Å². The zero-order valence-corrected chi connectivity index (χ0v) is 14.2. The Bertz CT molecular complexity index is 758. The molecule has 2 aromatic carbocycles. The van der Waals surface area contributed by atoms with Gasteiger partial charge in [0.15, 0.2) is 5.54 Å². The SMILES string of the molecule is CC1=N[C@](C)(C(=O)O)[C@H](c2ccccc2)N1[C@@H](C)c1ccccc1. The first-order valence-electron chi connectivity index (χ1n) is 8.13.